The summed E-state index contributed by atoms with van der Waals surface area (Å²) in [5.41, 5.74) is 0. The van der Waals surface area contributed by atoms with Crippen molar-refractivity contribution in [3.05, 3.63) is 0 Å². The van der Waals surface area contributed by atoms with E-state index in [0.29, 0.717) is 12.1 Å². The standard InChI is InChI=1S/C10H22N2O/c1-4-11-10-5-6-12(8-10)7-9(2)13-3/h9-11H,4-8H2,1-3H3. The van der Waals surface area contributed by atoms with Crippen molar-refractivity contribution in [3.8, 4) is 0 Å². The monoisotopic (exact) mass is 186 g/mol. The molecule has 1 fully saturated rings. The molecular formula is C10H22N2O. The highest BCUT2D eigenvalue weighted by atomic mass is 16.5. The Balaban J connectivity index is 2.17. The number of rotatable bonds is 5. The van der Waals surface area contributed by atoms with Crippen LogP contribution in [0.5, 0.6) is 0 Å². The van der Waals surface area contributed by atoms with E-state index in [4.69, 9.17) is 4.74 Å². The number of hydrogen-bond donors (Lipinski definition) is 1. The third-order valence-electron chi connectivity index (χ3n) is 2.68. The van der Waals surface area contributed by atoms with Crippen molar-refractivity contribution in [3.63, 3.8) is 0 Å². The summed E-state index contributed by atoms with van der Waals surface area (Å²) in [6, 6.07) is 0.703. The minimum absolute atomic E-state index is 0.361. The molecular weight excluding hydrogens is 164 g/mol. The fourth-order valence-electron chi connectivity index (χ4n) is 1.89. The van der Waals surface area contributed by atoms with Gasteiger partial charge in [0.05, 0.1) is 6.10 Å². The van der Waals surface area contributed by atoms with Crippen LogP contribution in [-0.2, 0) is 4.74 Å². The topological polar surface area (TPSA) is 24.5 Å². The summed E-state index contributed by atoms with van der Waals surface area (Å²) in [5, 5.41) is 3.48. The van der Waals surface area contributed by atoms with Gasteiger partial charge in [0.1, 0.15) is 0 Å². The molecule has 0 radical (unpaired) electrons. The van der Waals surface area contributed by atoms with Crippen LogP contribution < -0.4 is 5.32 Å². The highest BCUT2D eigenvalue weighted by molar-refractivity contribution is 4.81. The molecule has 3 heteroatoms. The molecule has 0 aromatic heterocycles. The van der Waals surface area contributed by atoms with Crippen LogP contribution in [0.1, 0.15) is 20.3 Å². The molecule has 0 bridgehead atoms. The highest BCUT2D eigenvalue weighted by Gasteiger charge is 2.22. The van der Waals surface area contributed by atoms with E-state index in [1.807, 2.05) is 0 Å². The second-order valence-electron chi connectivity index (χ2n) is 3.85. The van der Waals surface area contributed by atoms with Gasteiger partial charge < -0.3 is 10.1 Å². The zero-order chi connectivity index (χ0) is 9.68. The summed E-state index contributed by atoms with van der Waals surface area (Å²) in [6.07, 6.45) is 1.64. The van der Waals surface area contributed by atoms with Crippen molar-refractivity contribution in [1.29, 1.82) is 0 Å². The maximum atomic E-state index is 5.25. The van der Waals surface area contributed by atoms with Crippen molar-refractivity contribution in [1.82, 2.24) is 10.2 Å². The first-order chi connectivity index (χ1) is 6.26. The van der Waals surface area contributed by atoms with Crippen molar-refractivity contribution in [2.45, 2.75) is 32.4 Å². The minimum atomic E-state index is 0.361. The van der Waals surface area contributed by atoms with E-state index in [1.54, 1.807) is 7.11 Å². The van der Waals surface area contributed by atoms with E-state index < -0.39 is 0 Å². The number of nitrogens with one attached hydrogen (secondary N) is 1. The molecule has 0 spiro atoms. The summed E-state index contributed by atoms with van der Waals surface area (Å²) in [4.78, 5) is 2.47. The third-order valence-corrected chi connectivity index (χ3v) is 2.68. The SMILES string of the molecule is CCNC1CCN(CC(C)OC)C1. The molecule has 0 saturated carbocycles. The molecule has 1 heterocycles. The van der Waals surface area contributed by atoms with Crippen LogP contribution in [0.2, 0.25) is 0 Å². The van der Waals surface area contributed by atoms with Crippen LogP contribution in [0.15, 0.2) is 0 Å². The Morgan fingerprint density at radius 3 is 3.00 bits per heavy atom. The first-order valence-corrected chi connectivity index (χ1v) is 5.24. The zero-order valence-electron chi connectivity index (χ0n) is 9.05. The summed E-state index contributed by atoms with van der Waals surface area (Å²) in [5.74, 6) is 0. The summed E-state index contributed by atoms with van der Waals surface area (Å²) in [6.45, 7) is 8.84. The normalized spacial score (nSPS) is 26.5. The Morgan fingerprint density at radius 1 is 1.62 bits per heavy atom. The number of likely N-dealkylation sites (tertiary alicyclic amines) is 1. The highest BCUT2D eigenvalue weighted by Crippen LogP contribution is 2.09. The molecule has 0 amide bonds. The smallest absolute Gasteiger partial charge is 0.0670 e. The number of hydrogen-bond acceptors (Lipinski definition) is 3. The first kappa shape index (κ1) is 11.0. The molecule has 2 unspecified atom stereocenters. The van der Waals surface area contributed by atoms with Crippen molar-refractivity contribution in [2.24, 2.45) is 0 Å². The maximum absolute atomic E-state index is 5.25. The van der Waals surface area contributed by atoms with Gasteiger partial charge in [0.25, 0.3) is 0 Å². The minimum Gasteiger partial charge on any atom is -0.380 e. The third kappa shape index (κ3) is 3.63. The van der Waals surface area contributed by atoms with Gasteiger partial charge in [-0.25, -0.2) is 0 Å². The van der Waals surface area contributed by atoms with Crippen molar-refractivity contribution < 1.29 is 4.74 Å². The maximum Gasteiger partial charge on any atom is 0.0670 e. The van der Waals surface area contributed by atoms with Gasteiger partial charge in [-0.1, -0.05) is 6.92 Å². The fourth-order valence-corrected chi connectivity index (χ4v) is 1.89. The lowest BCUT2D eigenvalue weighted by Crippen LogP contribution is -2.35. The molecule has 1 rings (SSSR count). The summed E-state index contributed by atoms with van der Waals surface area (Å²) >= 11 is 0. The Hall–Kier alpha value is -0.120. The molecule has 2 atom stereocenters. The molecule has 13 heavy (non-hydrogen) atoms. The molecule has 0 aliphatic carbocycles. The summed E-state index contributed by atoms with van der Waals surface area (Å²) in [7, 11) is 1.78. The molecule has 3 nitrogen and oxygen atoms in total. The largest absolute Gasteiger partial charge is 0.380 e. The predicted octanol–water partition coefficient (Wildman–Crippen LogP) is 0.705. The molecule has 1 aliphatic heterocycles. The van der Waals surface area contributed by atoms with Gasteiger partial charge >= 0.3 is 0 Å². The van der Waals surface area contributed by atoms with E-state index in [0.717, 1.165) is 13.1 Å². The van der Waals surface area contributed by atoms with E-state index in [1.165, 1.54) is 19.5 Å². The van der Waals surface area contributed by atoms with Gasteiger partial charge in [-0.3, -0.25) is 4.90 Å². The van der Waals surface area contributed by atoms with Gasteiger partial charge in [0.2, 0.25) is 0 Å². The van der Waals surface area contributed by atoms with Gasteiger partial charge in [0, 0.05) is 26.2 Å². The average Bonchev–Trinajstić information content (AvgIpc) is 2.53. The molecule has 0 aromatic rings. The van der Waals surface area contributed by atoms with Gasteiger partial charge in [-0.2, -0.15) is 0 Å². The summed E-state index contributed by atoms with van der Waals surface area (Å²) < 4.78 is 5.25. The lowest BCUT2D eigenvalue weighted by atomic mass is 10.3. The van der Waals surface area contributed by atoms with E-state index in [2.05, 4.69) is 24.1 Å². The Kier molecular flexibility index (Phi) is 4.70. The van der Waals surface area contributed by atoms with Crippen molar-refractivity contribution in [2.75, 3.05) is 33.3 Å². The van der Waals surface area contributed by atoms with E-state index in [9.17, 15) is 0 Å². The number of nitrogens with zero attached hydrogens (tertiary/aromatic N) is 1. The number of methoxy groups -OCH3 is 1. The number of likely N-dealkylation sites (N-methyl/N-ethyl adjacent to an activating group) is 1. The Labute approximate surface area is 81.4 Å². The number of ether oxygens (including phenoxy) is 1. The fraction of sp³-hybridized carbons (Fsp3) is 1.00. The lowest BCUT2D eigenvalue weighted by Gasteiger charge is -2.19. The van der Waals surface area contributed by atoms with E-state index in [-0.39, 0.29) is 0 Å². The molecule has 1 N–H and O–H groups in total. The Bertz CT molecular complexity index is 141. The Morgan fingerprint density at radius 2 is 2.38 bits per heavy atom. The van der Waals surface area contributed by atoms with E-state index >= 15 is 0 Å². The average molecular weight is 186 g/mol. The first-order valence-electron chi connectivity index (χ1n) is 5.24. The van der Waals surface area contributed by atoms with Gasteiger partial charge in [-0.15, -0.1) is 0 Å². The van der Waals surface area contributed by atoms with Crippen LogP contribution in [0.4, 0.5) is 0 Å². The van der Waals surface area contributed by atoms with Crippen molar-refractivity contribution >= 4 is 0 Å². The van der Waals surface area contributed by atoms with Crippen LogP contribution in [-0.4, -0.2) is 50.3 Å². The molecule has 1 saturated heterocycles. The second kappa shape index (κ2) is 5.58. The second-order valence-corrected chi connectivity index (χ2v) is 3.85. The van der Waals surface area contributed by atoms with Crippen LogP contribution in [0.25, 0.3) is 0 Å². The molecule has 1 aliphatic rings. The lowest BCUT2D eigenvalue weighted by molar-refractivity contribution is 0.0845. The zero-order valence-corrected chi connectivity index (χ0v) is 9.05. The van der Waals surface area contributed by atoms with Crippen LogP contribution >= 0.6 is 0 Å². The quantitative estimate of drug-likeness (QED) is 0.684. The predicted molar refractivity (Wildman–Crippen MR) is 55.0 cm³/mol. The van der Waals surface area contributed by atoms with Gasteiger partial charge in [-0.05, 0) is 26.4 Å². The molecule has 78 valence electrons. The molecule has 0 aromatic carbocycles. The van der Waals surface area contributed by atoms with Crippen LogP contribution in [0, 0.1) is 0 Å². The van der Waals surface area contributed by atoms with Crippen LogP contribution in [0.3, 0.4) is 0 Å². The van der Waals surface area contributed by atoms with Gasteiger partial charge in [0.15, 0.2) is 0 Å².